The maximum absolute atomic E-state index is 13.8. The molecule has 1 aromatic carbocycles. The van der Waals surface area contributed by atoms with Crippen LogP contribution in [0.15, 0.2) is 72.6 Å². The number of H-pyrrole nitrogens is 2. The summed E-state index contributed by atoms with van der Waals surface area (Å²) in [5.74, 6) is 0.230. The van der Waals surface area contributed by atoms with Crippen LogP contribution in [0.3, 0.4) is 0 Å². The Morgan fingerprint density at radius 2 is 2.00 bits per heavy atom. The number of aromatic nitrogens is 6. The Labute approximate surface area is 182 Å². The number of benzene rings is 1. The summed E-state index contributed by atoms with van der Waals surface area (Å²) in [5, 5.41) is 7.44. The van der Waals surface area contributed by atoms with E-state index >= 15 is 0 Å². The fourth-order valence-electron chi connectivity index (χ4n) is 3.56. The normalized spacial score (nSPS) is 12.2. The van der Waals surface area contributed by atoms with Crippen molar-refractivity contribution in [1.82, 2.24) is 30.1 Å². The molecule has 0 saturated heterocycles. The molecule has 4 heterocycles. The van der Waals surface area contributed by atoms with Crippen molar-refractivity contribution in [3.63, 3.8) is 0 Å². The van der Waals surface area contributed by atoms with Crippen molar-refractivity contribution in [3.8, 4) is 22.6 Å². The van der Waals surface area contributed by atoms with Crippen molar-refractivity contribution in [1.29, 1.82) is 0 Å². The summed E-state index contributed by atoms with van der Waals surface area (Å²) >= 11 is 0. The smallest absolute Gasteiger partial charge is 0.161 e. The Kier molecular flexibility index (Phi) is 4.87. The second-order valence-corrected chi connectivity index (χ2v) is 7.05. The summed E-state index contributed by atoms with van der Waals surface area (Å²) in [6.45, 7) is 5.54. The molecule has 7 nitrogen and oxygen atoms in total. The highest BCUT2D eigenvalue weighted by atomic mass is 19.1. The van der Waals surface area contributed by atoms with Gasteiger partial charge in [-0.25, -0.2) is 14.4 Å². The molecular formula is C24H18FN7. The van der Waals surface area contributed by atoms with Gasteiger partial charge in [0.2, 0.25) is 0 Å². The van der Waals surface area contributed by atoms with Crippen molar-refractivity contribution in [2.45, 2.75) is 6.92 Å². The van der Waals surface area contributed by atoms with Crippen molar-refractivity contribution < 1.29 is 4.39 Å². The average molecular weight is 423 g/mol. The number of nitrogens with one attached hydrogen (secondary N) is 2. The van der Waals surface area contributed by atoms with E-state index in [1.807, 2.05) is 31.2 Å². The molecule has 0 radical (unpaired) electrons. The van der Waals surface area contributed by atoms with E-state index in [1.54, 1.807) is 24.7 Å². The van der Waals surface area contributed by atoms with Crippen LogP contribution in [0.5, 0.6) is 0 Å². The SMILES string of the molecule is C=CN=C/C(=C\C)c1ccc2[nH]nc(-c3nc4c(-c5cccc(F)c5)cncc4[nH]3)c2n1. The molecule has 4 aromatic heterocycles. The largest absolute Gasteiger partial charge is 0.335 e. The molecule has 0 aliphatic rings. The first-order valence-electron chi connectivity index (χ1n) is 9.94. The predicted octanol–water partition coefficient (Wildman–Crippen LogP) is 5.32. The van der Waals surface area contributed by atoms with Gasteiger partial charge in [-0.15, -0.1) is 0 Å². The number of aromatic amines is 2. The first-order chi connectivity index (χ1) is 15.7. The van der Waals surface area contributed by atoms with Crippen LogP contribution in [0.1, 0.15) is 12.6 Å². The zero-order chi connectivity index (χ0) is 22.1. The van der Waals surface area contributed by atoms with Crippen LogP contribution in [0, 0.1) is 5.82 Å². The van der Waals surface area contributed by atoms with Gasteiger partial charge < -0.3 is 4.98 Å². The fourth-order valence-corrected chi connectivity index (χ4v) is 3.56. The lowest BCUT2D eigenvalue weighted by atomic mass is 10.1. The van der Waals surface area contributed by atoms with Gasteiger partial charge in [0.1, 0.15) is 11.3 Å². The molecule has 156 valence electrons. The van der Waals surface area contributed by atoms with E-state index < -0.39 is 0 Å². The van der Waals surface area contributed by atoms with Gasteiger partial charge in [0.05, 0.1) is 28.4 Å². The van der Waals surface area contributed by atoms with E-state index in [9.17, 15) is 4.39 Å². The zero-order valence-corrected chi connectivity index (χ0v) is 17.2. The lowest BCUT2D eigenvalue weighted by Gasteiger charge is -2.01. The summed E-state index contributed by atoms with van der Waals surface area (Å²) in [4.78, 5) is 21.2. The van der Waals surface area contributed by atoms with Gasteiger partial charge in [-0.3, -0.25) is 15.1 Å². The first-order valence-corrected chi connectivity index (χ1v) is 9.94. The Morgan fingerprint density at radius 1 is 1.09 bits per heavy atom. The number of halogens is 1. The lowest BCUT2D eigenvalue weighted by molar-refractivity contribution is 0.628. The van der Waals surface area contributed by atoms with Crippen LogP contribution in [-0.2, 0) is 0 Å². The van der Waals surface area contributed by atoms with Gasteiger partial charge in [-0.2, -0.15) is 5.10 Å². The van der Waals surface area contributed by atoms with Crippen LogP contribution in [0.25, 0.3) is 50.3 Å². The quantitative estimate of drug-likeness (QED) is 0.374. The average Bonchev–Trinajstić information content (AvgIpc) is 3.43. The Hall–Kier alpha value is -4.46. The summed E-state index contributed by atoms with van der Waals surface area (Å²) < 4.78 is 13.8. The molecule has 5 aromatic rings. The number of allylic oxidation sites excluding steroid dienone is 2. The molecule has 0 spiro atoms. The molecule has 0 bridgehead atoms. The van der Waals surface area contributed by atoms with Crippen LogP contribution < -0.4 is 0 Å². The number of hydrogen-bond donors (Lipinski definition) is 2. The van der Waals surface area contributed by atoms with E-state index in [1.165, 1.54) is 18.3 Å². The Balaban J connectivity index is 1.65. The molecule has 0 atom stereocenters. The molecule has 0 aliphatic heterocycles. The molecule has 0 fully saturated rings. The maximum atomic E-state index is 13.8. The monoisotopic (exact) mass is 423 g/mol. The molecule has 5 rings (SSSR count). The second kappa shape index (κ2) is 7.99. The number of pyridine rings is 2. The lowest BCUT2D eigenvalue weighted by Crippen LogP contribution is -1.92. The number of imidazole rings is 1. The standard InChI is InChI=1S/C24H18FN7/c1-3-14(11-26-4-2)18-8-9-19-22(28-18)23(32-31-19)24-29-20-13-27-12-17(21(20)30-24)15-6-5-7-16(25)10-15/h3-13H,2H2,1H3,(H,29,30)(H,31,32)/b14-3+,26-11?. The molecule has 2 N–H and O–H groups in total. The van der Waals surface area contributed by atoms with E-state index in [0.717, 1.165) is 27.9 Å². The number of rotatable bonds is 5. The van der Waals surface area contributed by atoms with Crippen molar-refractivity contribution in [2.75, 3.05) is 0 Å². The van der Waals surface area contributed by atoms with Gasteiger partial charge in [0.15, 0.2) is 11.5 Å². The molecule has 0 amide bonds. The van der Waals surface area contributed by atoms with Gasteiger partial charge in [-0.05, 0) is 36.8 Å². The van der Waals surface area contributed by atoms with Crippen LogP contribution in [0.4, 0.5) is 4.39 Å². The Bertz CT molecular complexity index is 1520. The number of nitrogens with zero attached hydrogens (tertiary/aromatic N) is 5. The van der Waals surface area contributed by atoms with Gasteiger partial charge in [0.25, 0.3) is 0 Å². The molecule has 0 unspecified atom stereocenters. The molecule has 0 saturated carbocycles. The van der Waals surface area contributed by atoms with E-state index in [2.05, 4.69) is 31.7 Å². The second-order valence-electron chi connectivity index (χ2n) is 7.05. The molecule has 32 heavy (non-hydrogen) atoms. The molecule has 0 aliphatic carbocycles. The zero-order valence-electron chi connectivity index (χ0n) is 17.2. The van der Waals surface area contributed by atoms with Crippen LogP contribution in [0.2, 0.25) is 0 Å². The van der Waals surface area contributed by atoms with E-state index in [4.69, 9.17) is 9.97 Å². The van der Waals surface area contributed by atoms with E-state index in [-0.39, 0.29) is 5.82 Å². The third-order valence-corrected chi connectivity index (χ3v) is 5.09. The van der Waals surface area contributed by atoms with Gasteiger partial charge >= 0.3 is 0 Å². The van der Waals surface area contributed by atoms with E-state index in [0.29, 0.717) is 28.1 Å². The number of fused-ring (bicyclic) bond motifs is 2. The number of aliphatic imine (C=N–C) groups is 1. The maximum Gasteiger partial charge on any atom is 0.161 e. The third-order valence-electron chi connectivity index (χ3n) is 5.09. The predicted molar refractivity (Wildman–Crippen MR) is 125 cm³/mol. The van der Waals surface area contributed by atoms with Crippen molar-refractivity contribution in [3.05, 3.63) is 79.2 Å². The van der Waals surface area contributed by atoms with Crippen molar-refractivity contribution in [2.24, 2.45) is 4.99 Å². The third kappa shape index (κ3) is 3.37. The molecule has 8 heteroatoms. The van der Waals surface area contributed by atoms with Gasteiger partial charge in [-0.1, -0.05) is 24.8 Å². The minimum absolute atomic E-state index is 0.315. The topological polar surface area (TPSA) is 95.5 Å². The fraction of sp³-hybridized carbons (Fsp3) is 0.0417. The first kappa shape index (κ1) is 19.5. The minimum atomic E-state index is -0.315. The van der Waals surface area contributed by atoms with Crippen molar-refractivity contribution >= 4 is 33.9 Å². The van der Waals surface area contributed by atoms with Crippen LogP contribution >= 0.6 is 0 Å². The highest BCUT2D eigenvalue weighted by molar-refractivity contribution is 6.09. The minimum Gasteiger partial charge on any atom is -0.335 e. The Morgan fingerprint density at radius 3 is 2.81 bits per heavy atom. The highest BCUT2D eigenvalue weighted by Gasteiger charge is 2.17. The summed E-state index contributed by atoms with van der Waals surface area (Å²) in [6, 6.07) is 10.2. The van der Waals surface area contributed by atoms with Crippen LogP contribution in [-0.4, -0.2) is 36.3 Å². The summed E-state index contributed by atoms with van der Waals surface area (Å²) in [6.07, 6.45) is 8.48. The molecular weight excluding hydrogens is 405 g/mol. The van der Waals surface area contributed by atoms with Gasteiger partial charge in [0, 0.05) is 29.7 Å². The summed E-state index contributed by atoms with van der Waals surface area (Å²) in [7, 11) is 0. The highest BCUT2D eigenvalue weighted by Crippen LogP contribution is 2.31. The number of hydrogen-bond acceptors (Lipinski definition) is 5. The summed E-state index contributed by atoms with van der Waals surface area (Å²) in [5.41, 5.74) is 6.49.